The van der Waals surface area contributed by atoms with Gasteiger partial charge in [-0.25, -0.2) is 0 Å². The highest BCUT2D eigenvalue weighted by Gasteiger charge is 2.40. The first-order valence-corrected chi connectivity index (χ1v) is 9.19. The zero-order chi connectivity index (χ0) is 19.1. The van der Waals surface area contributed by atoms with Gasteiger partial charge in [0.05, 0.1) is 26.3 Å². The molecule has 0 fully saturated rings. The Balaban J connectivity index is 1.76. The molecule has 0 saturated carbocycles. The maximum Gasteiger partial charge on any atom is 0.287 e. The van der Waals surface area contributed by atoms with E-state index in [1.54, 1.807) is 7.11 Å². The SMILES string of the molecule is COc1c2c(cc3c1[C@@H](C(=O)Nc1cc(C)ccc1C)[NH+](C)CC3)OCO2. The molecule has 2 N–H and O–H groups in total. The smallest absolute Gasteiger partial charge is 0.287 e. The average Bonchev–Trinajstić information content (AvgIpc) is 3.11. The molecule has 2 aliphatic rings. The second-order valence-corrected chi connectivity index (χ2v) is 7.30. The number of quaternary nitrogens is 1. The van der Waals surface area contributed by atoms with E-state index >= 15 is 0 Å². The van der Waals surface area contributed by atoms with Crippen LogP contribution >= 0.6 is 0 Å². The van der Waals surface area contributed by atoms with Gasteiger partial charge in [-0.2, -0.15) is 0 Å². The van der Waals surface area contributed by atoms with Gasteiger partial charge >= 0.3 is 0 Å². The summed E-state index contributed by atoms with van der Waals surface area (Å²) in [7, 11) is 3.65. The third-order valence-corrected chi connectivity index (χ3v) is 5.43. The van der Waals surface area contributed by atoms with Gasteiger partial charge in [-0.05, 0) is 42.7 Å². The van der Waals surface area contributed by atoms with Crippen molar-refractivity contribution >= 4 is 11.6 Å². The van der Waals surface area contributed by atoms with Crippen LogP contribution in [-0.4, -0.2) is 33.4 Å². The van der Waals surface area contributed by atoms with Crippen LogP contribution < -0.4 is 24.4 Å². The van der Waals surface area contributed by atoms with Gasteiger partial charge in [-0.1, -0.05) is 12.1 Å². The number of aryl methyl sites for hydroxylation is 2. The normalized spacial score (nSPS) is 20.1. The molecule has 1 amide bonds. The largest absolute Gasteiger partial charge is 0.492 e. The van der Waals surface area contributed by atoms with E-state index in [9.17, 15) is 4.79 Å². The van der Waals surface area contributed by atoms with Gasteiger partial charge in [-0.15, -0.1) is 0 Å². The van der Waals surface area contributed by atoms with E-state index in [0.717, 1.165) is 45.8 Å². The molecule has 27 heavy (non-hydrogen) atoms. The van der Waals surface area contributed by atoms with Crippen LogP contribution in [0.1, 0.15) is 28.3 Å². The standard InChI is InChI=1S/C21H24N2O4/c1-12-5-6-13(2)15(9-12)22-21(24)18-17-14(7-8-23(18)3)10-16-19(20(17)25-4)27-11-26-16/h5-6,9-10,18H,7-8,11H2,1-4H3,(H,22,24)/p+1/t18-/m0/s1. The minimum Gasteiger partial charge on any atom is -0.492 e. The van der Waals surface area contributed by atoms with Gasteiger partial charge in [0.15, 0.2) is 17.5 Å². The number of rotatable bonds is 3. The Morgan fingerprint density at radius 2 is 2.07 bits per heavy atom. The first kappa shape index (κ1) is 17.7. The molecule has 0 aromatic heterocycles. The maximum absolute atomic E-state index is 13.3. The Morgan fingerprint density at radius 3 is 2.85 bits per heavy atom. The highest BCUT2D eigenvalue weighted by Crippen LogP contribution is 2.47. The number of amides is 1. The van der Waals surface area contributed by atoms with Crippen molar-refractivity contribution in [3.8, 4) is 17.2 Å². The van der Waals surface area contributed by atoms with Crippen molar-refractivity contribution in [2.24, 2.45) is 0 Å². The van der Waals surface area contributed by atoms with Crippen LogP contribution in [0.5, 0.6) is 17.2 Å². The van der Waals surface area contributed by atoms with Crippen molar-refractivity contribution in [1.82, 2.24) is 0 Å². The van der Waals surface area contributed by atoms with Crippen LogP contribution in [0.15, 0.2) is 24.3 Å². The van der Waals surface area contributed by atoms with E-state index in [-0.39, 0.29) is 18.7 Å². The number of benzene rings is 2. The monoisotopic (exact) mass is 369 g/mol. The zero-order valence-electron chi connectivity index (χ0n) is 16.1. The van der Waals surface area contributed by atoms with Crippen molar-refractivity contribution in [2.75, 3.05) is 32.8 Å². The van der Waals surface area contributed by atoms with E-state index in [0.29, 0.717) is 17.2 Å². The van der Waals surface area contributed by atoms with Crippen LogP contribution in [0, 0.1) is 13.8 Å². The summed E-state index contributed by atoms with van der Waals surface area (Å²) < 4.78 is 16.8. The minimum absolute atomic E-state index is 0.0423. The first-order valence-electron chi connectivity index (χ1n) is 9.19. The van der Waals surface area contributed by atoms with Crippen molar-refractivity contribution in [3.63, 3.8) is 0 Å². The summed E-state index contributed by atoms with van der Waals surface area (Å²) in [5, 5.41) is 3.12. The molecule has 6 heteroatoms. The number of methoxy groups -OCH3 is 1. The summed E-state index contributed by atoms with van der Waals surface area (Å²) in [6.45, 7) is 5.06. The summed E-state index contributed by atoms with van der Waals surface area (Å²) in [6.07, 6.45) is 0.863. The topological polar surface area (TPSA) is 61.2 Å². The fraction of sp³-hybridized carbons (Fsp3) is 0.381. The van der Waals surface area contributed by atoms with E-state index in [4.69, 9.17) is 14.2 Å². The summed E-state index contributed by atoms with van der Waals surface area (Å²) in [5.41, 5.74) is 4.98. The van der Waals surface area contributed by atoms with Crippen LogP contribution in [0.3, 0.4) is 0 Å². The van der Waals surface area contributed by atoms with Gasteiger partial charge in [0.2, 0.25) is 12.5 Å². The van der Waals surface area contributed by atoms with Gasteiger partial charge in [0.25, 0.3) is 5.91 Å². The maximum atomic E-state index is 13.3. The van der Waals surface area contributed by atoms with Gasteiger partial charge in [0, 0.05) is 12.1 Å². The molecule has 142 valence electrons. The molecule has 0 spiro atoms. The Kier molecular flexibility index (Phi) is 4.44. The zero-order valence-corrected chi connectivity index (χ0v) is 16.1. The first-order chi connectivity index (χ1) is 13.0. The number of ether oxygens (including phenoxy) is 3. The second kappa shape index (κ2) is 6.78. The summed E-state index contributed by atoms with van der Waals surface area (Å²) in [6, 6.07) is 7.68. The fourth-order valence-corrected chi connectivity index (χ4v) is 3.96. The molecule has 6 nitrogen and oxygen atoms in total. The molecule has 2 atom stereocenters. The Bertz CT molecular complexity index is 910. The fourth-order valence-electron chi connectivity index (χ4n) is 3.96. The lowest BCUT2D eigenvalue weighted by Gasteiger charge is -2.32. The number of hydrogen-bond acceptors (Lipinski definition) is 4. The molecule has 1 unspecified atom stereocenters. The Labute approximate surface area is 159 Å². The predicted molar refractivity (Wildman–Crippen MR) is 102 cm³/mol. The van der Waals surface area contributed by atoms with Gasteiger partial charge < -0.3 is 24.4 Å². The highest BCUT2D eigenvalue weighted by atomic mass is 16.7. The molecular weight excluding hydrogens is 344 g/mol. The third kappa shape index (κ3) is 3.00. The van der Waals surface area contributed by atoms with Crippen molar-refractivity contribution < 1.29 is 23.9 Å². The lowest BCUT2D eigenvalue weighted by atomic mass is 9.90. The summed E-state index contributed by atoms with van der Waals surface area (Å²) in [5.74, 6) is 1.86. The number of nitrogens with one attached hydrogen (secondary N) is 2. The van der Waals surface area contributed by atoms with Crippen molar-refractivity contribution in [2.45, 2.75) is 26.3 Å². The lowest BCUT2D eigenvalue weighted by Crippen LogP contribution is -3.11. The molecule has 2 aliphatic heterocycles. The molecule has 0 radical (unpaired) electrons. The van der Waals surface area contributed by atoms with E-state index < -0.39 is 0 Å². The van der Waals surface area contributed by atoms with E-state index in [1.807, 2.05) is 45.2 Å². The summed E-state index contributed by atoms with van der Waals surface area (Å²) >= 11 is 0. The lowest BCUT2D eigenvalue weighted by molar-refractivity contribution is -0.904. The molecule has 2 heterocycles. The third-order valence-electron chi connectivity index (χ3n) is 5.43. The Hall–Kier alpha value is -2.73. The quantitative estimate of drug-likeness (QED) is 0.866. The van der Waals surface area contributed by atoms with E-state index in [1.165, 1.54) is 0 Å². The number of carbonyl (C=O) groups is 1. The van der Waals surface area contributed by atoms with Crippen molar-refractivity contribution in [1.29, 1.82) is 0 Å². The van der Waals surface area contributed by atoms with Crippen LogP contribution in [0.2, 0.25) is 0 Å². The molecule has 2 aromatic carbocycles. The number of hydrogen-bond donors (Lipinski definition) is 2. The molecular formula is C21H25N2O4+. The second-order valence-electron chi connectivity index (χ2n) is 7.30. The van der Waals surface area contributed by atoms with Gasteiger partial charge in [0.1, 0.15) is 0 Å². The molecule has 2 aromatic rings. The molecule has 0 saturated heterocycles. The van der Waals surface area contributed by atoms with Crippen LogP contribution in [-0.2, 0) is 11.2 Å². The van der Waals surface area contributed by atoms with Crippen LogP contribution in [0.4, 0.5) is 5.69 Å². The Morgan fingerprint density at radius 1 is 1.26 bits per heavy atom. The molecule has 4 rings (SSSR count). The predicted octanol–water partition coefficient (Wildman–Crippen LogP) is 1.79. The number of anilines is 1. The average molecular weight is 369 g/mol. The minimum atomic E-state index is -0.377. The number of likely N-dealkylation sites (N-methyl/N-ethyl adjacent to an activating group) is 1. The number of carbonyl (C=O) groups excluding carboxylic acids is 1. The molecule has 0 bridgehead atoms. The number of fused-ring (bicyclic) bond motifs is 2. The highest BCUT2D eigenvalue weighted by molar-refractivity contribution is 5.96. The summed E-state index contributed by atoms with van der Waals surface area (Å²) in [4.78, 5) is 14.4. The van der Waals surface area contributed by atoms with Gasteiger partial charge in [-0.3, -0.25) is 4.79 Å². The van der Waals surface area contributed by atoms with E-state index in [2.05, 4.69) is 5.32 Å². The molecule has 0 aliphatic carbocycles. The van der Waals surface area contributed by atoms with Crippen LogP contribution in [0.25, 0.3) is 0 Å². The van der Waals surface area contributed by atoms with Crippen molar-refractivity contribution in [3.05, 3.63) is 46.5 Å².